The molecule has 0 bridgehead atoms. The summed E-state index contributed by atoms with van der Waals surface area (Å²) < 4.78 is 22.4. The van der Waals surface area contributed by atoms with Gasteiger partial charge >= 0.3 is 11.3 Å². The van der Waals surface area contributed by atoms with E-state index in [9.17, 15) is 9.59 Å². The number of methoxy groups -OCH3 is 1. The first-order valence-electron chi connectivity index (χ1n) is 11.0. The molecule has 0 aliphatic heterocycles. The fourth-order valence-corrected chi connectivity index (χ4v) is 4.10. The lowest BCUT2D eigenvalue weighted by Crippen LogP contribution is -2.07. The van der Waals surface area contributed by atoms with Crippen molar-refractivity contribution < 1.29 is 18.3 Å². The van der Waals surface area contributed by atoms with Gasteiger partial charge in [0.1, 0.15) is 17.9 Å². The first-order chi connectivity index (χ1) is 17.0. The van der Waals surface area contributed by atoms with Gasteiger partial charge < -0.3 is 18.3 Å². The molecule has 0 saturated heterocycles. The van der Waals surface area contributed by atoms with E-state index >= 15 is 0 Å². The zero-order valence-corrected chi connectivity index (χ0v) is 19.3. The summed E-state index contributed by atoms with van der Waals surface area (Å²) in [6.45, 7) is 5.93. The Morgan fingerprint density at radius 2 is 1.69 bits per heavy atom. The van der Waals surface area contributed by atoms with Crippen molar-refractivity contribution >= 4 is 28.0 Å². The third kappa shape index (κ3) is 4.10. The molecule has 0 atom stereocenters. The van der Waals surface area contributed by atoms with Crippen LogP contribution in [0.1, 0.15) is 16.7 Å². The Morgan fingerprint density at radius 1 is 0.886 bits per heavy atom. The molecule has 0 fully saturated rings. The van der Waals surface area contributed by atoms with Crippen LogP contribution < -0.4 is 20.7 Å². The fraction of sp³-hybridized carbons (Fsp3) is 0.103. The molecule has 0 N–H and O–H groups in total. The maximum absolute atomic E-state index is 12.9. The summed E-state index contributed by atoms with van der Waals surface area (Å²) >= 11 is 0. The van der Waals surface area contributed by atoms with Gasteiger partial charge in [0.25, 0.3) is 0 Å². The first-order valence-corrected chi connectivity index (χ1v) is 11.0. The molecule has 0 spiro atoms. The van der Waals surface area contributed by atoms with Crippen LogP contribution in [0.2, 0.25) is 0 Å². The second kappa shape index (κ2) is 8.99. The average Bonchev–Trinajstić information content (AvgIpc) is 2.88. The zero-order chi connectivity index (χ0) is 24.5. The molecular weight excluding hydrogens is 444 g/mol. The first kappa shape index (κ1) is 22.2. The Kier molecular flexibility index (Phi) is 5.71. The lowest BCUT2D eigenvalue weighted by molar-refractivity contribution is 0.304. The largest absolute Gasteiger partial charge is 0.493 e. The summed E-state index contributed by atoms with van der Waals surface area (Å²) in [7, 11) is 1.51. The summed E-state index contributed by atoms with van der Waals surface area (Å²) in [5.41, 5.74) is 2.95. The van der Waals surface area contributed by atoms with Crippen molar-refractivity contribution in [2.75, 3.05) is 7.11 Å². The van der Waals surface area contributed by atoms with Gasteiger partial charge in [0.2, 0.25) is 0 Å². The van der Waals surface area contributed by atoms with E-state index in [2.05, 4.69) is 6.58 Å². The highest BCUT2D eigenvalue weighted by Gasteiger charge is 2.17. The lowest BCUT2D eigenvalue weighted by atomic mass is 10.0. The van der Waals surface area contributed by atoms with Crippen LogP contribution in [0.3, 0.4) is 0 Å². The number of fused-ring (bicyclic) bond motifs is 2. The Bertz CT molecular complexity index is 1690. The van der Waals surface area contributed by atoms with Crippen LogP contribution in [-0.4, -0.2) is 7.11 Å². The molecule has 6 heteroatoms. The number of rotatable bonds is 6. The highest BCUT2D eigenvalue weighted by Crippen LogP contribution is 2.34. The monoisotopic (exact) mass is 466 g/mol. The predicted octanol–water partition coefficient (Wildman–Crippen LogP) is 6.11. The highest BCUT2D eigenvalue weighted by atomic mass is 16.5. The van der Waals surface area contributed by atoms with Crippen LogP contribution in [0.4, 0.5) is 0 Å². The van der Waals surface area contributed by atoms with Gasteiger partial charge in [0, 0.05) is 28.0 Å². The summed E-state index contributed by atoms with van der Waals surface area (Å²) in [6, 6.07) is 19.8. The standard InChI is InChI=1S/C29H22O6/c1-4-18-8-10-19(11-9-18)16-33-24-13-12-21-22(15-26(30)34-27(21)17(24)2)23-14-20-6-5-7-25(32-3)28(20)35-29(23)31/h4-15H,1,16H2,2-3H3. The molecule has 0 aliphatic carbocycles. The Balaban J connectivity index is 1.58. The van der Waals surface area contributed by atoms with Crippen molar-refractivity contribution in [3.05, 3.63) is 111 Å². The minimum absolute atomic E-state index is 0.263. The van der Waals surface area contributed by atoms with Gasteiger partial charge in [-0.25, -0.2) is 9.59 Å². The molecule has 2 aromatic heterocycles. The molecule has 5 rings (SSSR count). The Hall–Kier alpha value is -4.58. The van der Waals surface area contributed by atoms with Crippen molar-refractivity contribution in [3.8, 4) is 22.6 Å². The van der Waals surface area contributed by atoms with E-state index in [1.54, 1.807) is 30.3 Å². The number of para-hydroxylation sites is 1. The van der Waals surface area contributed by atoms with Crippen LogP contribution in [0.25, 0.3) is 39.1 Å². The van der Waals surface area contributed by atoms with Gasteiger partial charge in [-0.15, -0.1) is 0 Å². The Morgan fingerprint density at radius 3 is 2.43 bits per heavy atom. The van der Waals surface area contributed by atoms with Crippen LogP contribution in [0.15, 0.2) is 91.7 Å². The van der Waals surface area contributed by atoms with E-state index < -0.39 is 11.3 Å². The molecule has 0 unspecified atom stereocenters. The van der Waals surface area contributed by atoms with E-state index in [1.807, 2.05) is 43.3 Å². The minimum Gasteiger partial charge on any atom is -0.493 e. The number of benzene rings is 3. The van der Waals surface area contributed by atoms with E-state index in [4.69, 9.17) is 18.3 Å². The van der Waals surface area contributed by atoms with E-state index in [-0.39, 0.29) is 5.56 Å². The third-order valence-corrected chi connectivity index (χ3v) is 5.95. The second-order valence-corrected chi connectivity index (χ2v) is 8.11. The molecule has 5 aromatic rings. The zero-order valence-electron chi connectivity index (χ0n) is 19.3. The number of aryl methyl sites for hydroxylation is 1. The molecule has 2 heterocycles. The van der Waals surface area contributed by atoms with E-state index in [0.29, 0.717) is 51.2 Å². The SMILES string of the molecule is C=Cc1ccc(COc2ccc3c(-c4cc5cccc(OC)c5oc4=O)cc(=O)oc3c2C)cc1. The van der Waals surface area contributed by atoms with Crippen LogP contribution >= 0.6 is 0 Å². The molecule has 0 radical (unpaired) electrons. The van der Waals surface area contributed by atoms with E-state index in [1.165, 1.54) is 13.2 Å². The maximum atomic E-state index is 12.9. The molecule has 6 nitrogen and oxygen atoms in total. The molecule has 0 saturated carbocycles. The number of ether oxygens (including phenoxy) is 2. The van der Waals surface area contributed by atoms with Crippen LogP contribution in [0, 0.1) is 6.92 Å². The van der Waals surface area contributed by atoms with Gasteiger partial charge in [-0.3, -0.25) is 0 Å². The van der Waals surface area contributed by atoms with E-state index in [0.717, 1.165) is 11.1 Å². The lowest BCUT2D eigenvalue weighted by Gasteiger charge is -2.13. The quantitative estimate of drug-likeness (QED) is 0.281. The van der Waals surface area contributed by atoms with Gasteiger partial charge in [0.15, 0.2) is 11.3 Å². The fourth-order valence-electron chi connectivity index (χ4n) is 4.10. The molecule has 35 heavy (non-hydrogen) atoms. The third-order valence-electron chi connectivity index (χ3n) is 5.95. The maximum Gasteiger partial charge on any atom is 0.344 e. The molecule has 0 aliphatic rings. The van der Waals surface area contributed by atoms with Crippen molar-refractivity contribution in [1.82, 2.24) is 0 Å². The topological polar surface area (TPSA) is 78.9 Å². The van der Waals surface area contributed by atoms with Crippen LogP contribution in [0.5, 0.6) is 11.5 Å². The van der Waals surface area contributed by atoms with Crippen LogP contribution in [-0.2, 0) is 6.61 Å². The molecule has 0 amide bonds. The smallest absolute Gasteiger partial charge is 0.344 e. The highest BCUT2D eigenvalue weighted by molar-refractivity contribution is 5.97. The summed E-state index contributed by atoms with van der Waals surface area (Å²) in [5.74, 6) is 1.04. The second-order valence-electron chi connectivity index (χ2n) is 8.11. The van der Waals surface area contributed by atoms with Crippen molar-refractivity contribution in [2.24, 2.45) is 0 Å². The van der Waals surface area contributed by atoms with Gasteiger partial charge in [-0.1, -0.05) is 49.1 Å². The normalized spacial score (nSPS) is 11.0. The van der Waals surface area contributed by atoms with Crippen molar-refractivity contribution in [1.29, 1.82) is 0 Å². The Labute approximate surface area is 200 Å². The van der Waals surface area contributed by atoms with Gasteiger partial charge in [-0.2, -0.15) is 0 Å². The average molecular weight is 466 g/mol. The predicted molar refractivity (Wildman–Crippen MR) is 136 cm³/mol. The van der Waals surface area contributed by atoms with Gasteiger partial charge in [-0.05, 0) is 42.3 Å². The summed E-state index contributed by atoms with van der Waals surface area (Å²) in [6.07, 6.45) is 1.78. The number of hydrogen-bond acceptors (Lipinski definition) is 6. The molecule has 174 valence electrons. The number of hydrogen-bond donors (Lipinski definition) is 0. The van der Waals surface area contributed by atoms with Crippen molar-refractivity contribution in [2.45, 2.75) is 13.5 Å². The molecule has 3 aromatic carbocycles. The van der Waals surface area contributed by atoms with Crippen molar-refractivity contribution in [3.63, 3.8) is 0 Å². The molecular formula is C29H22O6. The minimum atomic E-state index is -0.574. The van der Waals surface area contributed by atoms with Gasteiger partial charge in [0.05, 0.1) is 12.7 Å². The summed E-state index contributed by atoms with van der Waals surface area (Å²) in [5, 5.41) is 1.29. The summed E-state index contributed by atoms with van der Waals surface area (Å²) in [4.78, 5) is 25.4.